The molecule has 1 aliphatic rings. The summed E-state index contributed by atoms with van der Waals surface area (Å²) in [6.07, 6.45) is 5.48. The minimum absolute atomic E-state index is 0.638. The van der Waals surface area contributed by atoms with Crippen molar-refractivity contribution in [3.05, 3.63) is 35.8 Å². The van der Waals surface area contributed by atoms with Gasteiger partial charge in [-0.05, 0) is 20.8 Å². The SMILES string of the molecule is Cc1nc2ncnn2c(N2CC(Cn3ccnc3C)C2)c1C. The van der Waals surface area contributed by atoms with Crippen LogP contribution in [0.25, 0.3) is 5.78 Å². The van der Waals surface area contributed by atoms with E-state index >= 15 is 0 Å². The van der Waals surface area contributed by atoms with Gasteiger partial charge in [-0.1, -0.05) is 0 Å². The highest BCUT2D eigenvalue weighted by Gasteiger charge is 2.31. The number of hydrogen-bond acceptors (Lipinski definition) is 5. The minimum Gasteiger partial charge on any atom is -0.355 e. The number of aromatic nitrogens is 6. The van der Waals surface area contributed by atoms with Gasteiger partial charge in [-0.15, -0.1) is 0 Å². The van der Waals surface area contributed by atoms with Crippen molar-refractivity contribution in [1.29, 1.82) is 0 Å². The van der Waals surface area contributed by atoms with Crippen LogP contribution in [0.15, 0.2) is 18.7 Å². The van der Waals surface area contributed by atoms with Crippen LogP contribution >= 0.6 is 0 Å². The van der Waals surface area contributed by atoms with E-state index in [-0.39, 0.29) is 0 Å². The van der Waals surface area contributed by atoms with Gasteiger partial charge >= 0.3 is 0 Å². The van der Waals surface area contributed by atoms with Crippen molar-refractivity contribution < 1.29 is 0 Å². The Morgan fingerprint density at radius 3 is 2.73 bits per heavy atom. The molecule has 7 heteroatoms. The predicted octanol–water partition coefficient (Wildman–Crippen LogP) is 1.38. The predicted molar refractivity (Wildman–Crippen MR) is 82.9 cm³/mol. The van der Waals surface area contributed by atoms with E-state index in [0.717, 1.165) is 37.0 Å². The van der Waals surface area contributed by atoms with Crippen LogP contribution in [0.2, 0.25) is 0 Å². The third-order valence-electron chi connectivity index (χ3n) is 4.51. The van der Waals surface area contributed by atoms with Gasteiger partial charge in [0.25, 0.3) is 5.78 Å². The number of anilines is 1. The van der Waals surface area contributed by atoms with Gasteiger partial charge < -0.3 is 9.47 Å². The molecule has 3 aromatic rings. The van der Waals surface area contributed by atoms with Gasteiger partial charge in [-0.3, -0.25) is 0 Å². The second-order valence-corrected chi connectivity index (χ2v) is 6.02. The summed E-state index contributed by atoms with van der Waals surface area (Å²) in [4.78, 5) is 15.3. The molecule has 7 nitrogen and oxygen atoms in total. The summed E-state index contributed by atoms with van der Waals surface area (Å²) >= 11 is 0. The smallest absolute Gasteiger partial charge is 0.254 e. The molecule has 1 aliphatic heterocycles. The van der Waals surface area contributed by atoms with Crippen molar-refractivity contribution >= 4 is 11.6 Å². The summed E-state index contributed by atoms with van der Waals surface area (Å²) in [6, 6.07) is 0. The molecule has 1 fully saturated rings. The third-order valence-corrected chi connectivity index (χ3v) is 4.51. The molecule has 0 spiro atoms. The van der Waals surface area contributed by atoms with E-state index in [1.165, 1.54) is 5.56 Å². The first-order valence-corrected chi connectivity index (χ1v) is 7.53. The molecule has 4 rings (SSSR count). The molecule has 114 valence electrons. The summed E-state index contributed by atoms with van der Waals surface area (Å²) < 4.78 is 4.07. The van der Waals surface area contributed by atoms with Crippen molar-refractivity contribution in [2.24, 2.45) is 5.92 Å². The Labute approximate surface area is 128 Å². The summed E-state index contributed by atoms with van der Waals surface area (Å²) in [6.45, 7) is 9.25. The molecule has 4 heterocycles. The lowest BCUT2D eigenvalue weighted by atomic mass is 9.99. The first kappa shape index (κ1) is 13.2. The second kappa shape index (κ2) is 4.79. The van der Waals surface area contributed by atoms with Gasteiger partial charge in [0.15, 0.2) is 0 Å². The van der Waals surface area contributed by atoms with Crippen molar-refractivity contribution in [3.63, 3.8) is 0 Å². The van der Waals surface area contributed by atoms with Crippen LogP contribution in [0.1, 0.15) is 17.1 Å². The van der Waals surface area contributed by atoms with E-state index in [1.807, 2.05) is 24.6 Å². The molecule has 0 aromatic carbocycles. The van der Waals surface area contributed by atoms with E-state index in [2.05, 4.69) is 42.6 Å². The van der Waals surface area contributed by atoms with Crippen LogP contribution < -0.4 is 4.90 Å². The normalized spacial score (nSPS) is 15.5. The van der Waals surface area contributed by atoms with Gasteiger partial charge in [0, 0.05) is 49.2 Å². The van der Waals surface area contributed by atoms with Gasteiger partial charge in [-0.25, -0.2) is 9.97 Å². The maximum absolute atomic E-state index is 4.48. The number of nitrogens with zero attached hydrogens (tertiary/aromatic N) is 7. The minimum atomic E-state index is 0.638. The van der Waals surface area contributed by atoms with Crippen LogP contribution in [0, 0.1) is 26.7 Å². The highest BCUT2D eigenvalue weighted by molar-refractivity contribution is 5.55. The maximum Gasteiger partial charge on any atom is 0.254 e. The Balaban J connectivity index is 1.57. The Morgan fingerprint density at radius 2 is 2.00 bits per heavy atom. The summed E-state index contributed by atoms with van der Waals surface area (Å²) in [5, 5.41) is 4.32. The third kappa shape index (κ3) is 1.96. The highest BCUT2D eigenvalue weighted by Crippen LogP contribution is 2.29. The lowest BCUT2D eigenvalue weighted by molar-refractivity contribution is 0.350. The highest BCUT2D eigenvalue weighted by atomic mass is 15.4. The molecular formula is C15H19N7. The van der Waals surface area contributed by atoms with Crippen molar-refractivity contribution in [2.75, 3.05) is 18.0 Å². The zero-order valence-corrected chi connectivity index (χ0v) is 13.1. The van der Waals surface area contributed by atoms with E-state index in [9.17, 15) is 0 Å². The van der Waals surface area contributed by atoms with Crippen molar-refractivity contribution in [2.45, 2.75) is 27.3 Å². The van der Waals surface area contributed by atoms with Crippen LogP contribution in [-0.4, -0.2) is 42.2 Å². The fourth-order valence-electron chi connectivity index (χ4n) is 3.12. The molecule has 0 unspecified atom stereocenters. The molecule has 0 bridgehead atoms. The first-order chi connectivity index (χ1) is 10.6. The number of fused-ring (bicyclic) bond motifs is 1. The average Bonchev–Trinajstić information content (AvgIpc) is 3.05. The lowest BCUT2D eigenvalue weighted by Crippen LogP contribution is -2.49. The topological polar surface area (TPSA) is 64.1 Å². The molecule has 0 aliphatic carbocycles. The Morgan fingerprint density at radius 1 is 1.18 bits per heavy atom. The van der Waals surface area contributed by atoms with Crippen LogP contribution in [0.5, 0.6) is 0 Å². The number of imidazole rings is 1. The van der Waals surface area contributed by atoms with Crippen LogP contribution in [-0.2, 0) is 6.54 Å². The maximum atomic E-state index is 4.48. The largest absolute Gasteiger partial charge is 0.355 e. The van der Waals surface area contributed by atoms with E-state index in [4.69, 9.17) is 0 Å². The fourth-order valence-corrected chi connectivity index (χ4v) is 3.12. The average molecular weight is 297 g/mol. The molecule has 0 radical (unpaired) electrons. The van der Waals surface area contributed by atoms with Gasteiger partial charge in [0.2, 0.25) is 0 Å². The standard InChI is InChI=1S/C15H19N7/c1-10-11(2)19-15-17-9-18-22(15)14(10)21-7-13(8-21)6-20-5-4-16-12(20)3/h4-5,9,13H,6-8H2,1-3H3. The zero-order valence-electron chi connectivity index (χ0n) is 13.1. The van der Waals surface area contributed by atoms with E-state index in [0.29, 0.717) is 11.7 Å². The Kier molecular flexibility index (Phi) is 2.88. The molecule has 0 amide bonds. The van der Waals surface area contributed by atoms with Crippen molar-refractivity contribution in [1.82, 2.24) is 29.1 Å². The van der Waals surface area contributed by atoms with Gasteiger partial charge in [0.1, 0.15) is 18.0 Å². The van der Waals surface area contributed by atoms with Crippen molar-refractivity contribution in [3.8, 4) is 0 Å². The van der Waals surface area contributed by atoms with E-state index in [1.54, 1.807) is 6.33 Å². The monoisotopic (exact) mass is 297 g/mol. The van der Waals surface area contributed by atoms with Crippen LogP contribution in [0.3, 0.4) is 0 Å². The number of hydrogen-bond donors (Lipinski definition) is 0. The Bertz CT molecular complexity index is 826. The molecule has 0 N–H and O–H groups in total. The number of rotatable bonds is 3. The van der Waals surface area contributed by atoms with Gasteiger partial charge in [-0.2, -0.15) is 14.6 Å². The molecular weight excluding hydrogens is 278 g/mol. The molecule has 1 saturated heterocycles. The summed E-state index contributed by atoms with van der Waals surface area (Å²) in [5.41, 5.74) is 2.19. The zero-order chi connectivity index (χ0) is 15.3. The fraction of sp³-hybridized carbons (Fsp3) is 0.467. The van der Waals surface area contributed by atoms with Gasteiger partial charge in [0.05, 0.1) is 0 Å². The molecule has 22 heavy (non-hydrogen) atoms. The second-order valence-electron chi connectivity index (χ2n) is 6.02. The van der Waals surface area contributed by atoms with E-state index < -0.39 is 0 Å². The number of aryl methyl sites for hydroxylation is 2. The molecule has 0 atom stereocenters. The summed E-state index contributed by atoms with van der Waals surface area (Å²) in [7, 11) is 0. The lowest BCUT2D eigenvalue weighted by Gasteiger charge is -2.41. The first-order valence-electron chi connectivity index (χ1n) is 7.53. The van der Waals surface area contributed by atoms with Crippen LogP contribution in [0.4, 0.5) is 5.82 Å². The Hall–Kier alpha value is -2.44. The summed E-state index contributed by atoms with van der Waals surface area (Å²) in [5.74, 6) is 3.51. The molecule has 0 saturated carbocycles. The quantitative estimate of drug-likeness (QED) is 0.731. The molecule has 3 aromatic heterocycles.